The van der Waals surface area contributed by atoms with Crippen LogP contribution in [0.5, 0.6) is 0 Å². The van der Waals surface area contributed by atoms with Gasteiger partial charge in [-0.2, -0.15) is 0 Å². The fourth-order valence-corrected chi connectivity index (χ4v) is 3.93. The van der Waals surface area contributed by atoms with Crippen LogP contribution in [0.15, 0.2) is 28.7 Å². The Bertz CT molecular complexity index is 387. The summed E-state index contributed by atoms with van der Waals surface area (Å²) in [4.78, 5) is 0. The third-order valence-electron chi connectivity index (χ3n) is 4.76. The summed E-state index contributed by atoms with van der Waals surface area (Å²) in [7, 11) is 0. The minimum atomic E-state index is 0.535. The fraction of sp³-hybridized carbons (Fsp3) is 0.667. The molecule has 0 aliphatic heterocycles. The second kappa shape index (κ2) is 8.19. The molecule has 3 unspecified atom stereocenters. The summed E-state index contributed by atoms with van der Waals surface area (Å²) in [6.45, 7) is 5.74. The van der Waals surface area contributed by atoms with Crippen molar-refractivity contribution in [2.75, 3.05) is 6.54 Å². The van der Waals surface area contributed by atoms with Gasteiger partial charge in [-0.3, -0.25) is 0 Å². The standard InChI is InChI=1S/C18H28BrN/c1-3-13-20-18(15-9-11-16(19)12-10-15)17-8-6-5-7-14(17)4-2/h9-12,14,17-18,20H,3-8,13H2,1-2H3. The fourth-order valence-electron chi connectivity index (χ4n) is 3.67. The molecule has 1 aromatic rings. The highest BCUT2D eigenvalue weighted by atomic mass is 79.9. The molecule has 112 valence electrons. The number of halogens is 1. The Morgan fingerprint density at radius 1 is 1.15 bits per heavy atom. The smallest absolute Gasteiger partial charge is 0.0351 e. The first-order valence-electron chi connectivity index (χ1n) is 8.25. The van der Waals surface area contributed by atoms with Gasteiger partial charge in [-0.1, -0.05) is 67.6 Å². The molecule has 2 rings (SSSR count). The van der Waals surface area contributed by atoms with E-state index in [0.717, 1.165) is 18.4 Å². The third-order valence-corrected chi connectivity index (χ3v) is 5.29. The van der Waals surface area contributed by atoms with Crippen LogP contribution in [0.3, 0.4) is 0 Å². The van der Waals surface area contributed by atoms with E-state index in [2.05, 4.69) is 59.4 Å². The van der Waals surface area contributed by atoms with Crippen molar-refractivity contribution in [1.29, 1.82) is 0 Å². The zero-order chi connectivity index (χ0) is 14.4. The maximum Gasteiger partial charge on any atom is 0.0351 e. The Labute approximate surface area is 132 Å². The van der Waals surface area contributed by atoms with Crippen LogP contribution in [0, 0.1) is 11.8 Å². The third kappa shape index (κ3) is 4.08. The van der Waals surface area contributed by atoms with E-state index in [1.54, 1.807) is 0 Å². The van der Waals surface area contributed by atoms with Gasteiger partial charge in [0.1, 0.15) is 0 Å². The lowest BCUT2D eigenvalue weighted by Gasteiger charge is -2.37. The highest BCUT2D eigenvalue weighted by Crippen LogP contribution is 2.40. The molecule has 1 N–H and O–H groups in total. The first kappa shape index (κ1) is 16.0. The van der Waals surface area contributed by atoms with Crippen molar-refractivity contribution in [2.45, 2.75) is 58.4 Å². The highest BCUT2D eigenvalue weighted by Gasteiger charge is 2.31. The summed E-state index contributed by atoms with van der Waals surface area (Å²) in [5, 5.41) is 3.82. The van der Waals surface area contributed by atoms with E-state index in [9.17, 15) is 0 Å². The molecule has 0 aromatic heterocycles. The van der Waals surface area contributed by atoms with Gasteiger partial charge in [-0.25, -0.2) is 0 Å². The van der Waals surface area contributed by atoms with Gasteiger partial charge in [0.05, 0.1) is 0 Å². The molecule has 0 amide bonds. The van der Waals surface area contributed by atoms with Crippen LogP contribution in [0.2, 0.25) is 0 Å². The van der Waals surface area contributed by atoms with Crippen LogP contribution in [0.4, 0.5) is 0 Å². The molecule has 1 aromatic carbocycles. The Kier molecular flexibility index (Phi) is 6.57. The van der Waals surface area contributed by atoms with E-state index in [1.807, 2.05) is 0 Å². The van der Waals surface area contributed by atoms with Crippen LogP contribution >= 0.6 is 15.9 Å². The molecule has 0 heterocycles. The van der Waals surface area contributed by atoms with Gasteiger partial charge in [-0.15, -0.1) is 0 Å². The number of hydrogen-bond donors (Lipinski definition) is 1. The van der Waals surface area contributed by atoms with Crippen molar-refractivity contribution in [3.05, 3.63) is 34.3 Å². The summed E-state index contributed by atoms with van der Waals surface area (Å²) in [5.74, 6) is 1.70. The number of hydrogen-bond acceptors (Lipinski definition) is 1. The Morgan fingerprint density at radius 3 is 2.50 bits per heavy atom. The molecular formula is C18H28BrN. The highest BCUT2D eigenvalue weighted by molar-refractivity contribution is 9.10. The Morgan fingerprint density at radius 2 is 1.85 bits per heavy atom. The van der Waals surface area contributed by atoms with Crippen molar-refractivity contribution in [3.63, 3.8) is 0 Å². The van der Waals surface area contributed by atoms with E-state index in [0.29, 0.717) is 6.04 Å². The summed E-state index contributed by atoms with van der Waals surface area (Å²) in [6.07, 6.45) is 8.16. The molecule has 2 heteroatoms. The minimum absolute atomic E-state index is 0.535. The van der Waals surface area contributed by atoms with Crippen molar-refractivity contribution in [2.24, 2.45) is 11.8 Å². The molecule has 20 heavy (non-hydrogen) atoms. The first-order valence-corrected chi connectivity index (χ1v) is 9.04. The van der Waals surface area contributed by atoms with E-state index >= 15 is 0 Å². The lowest BCUT2D eigenvalue weighted by molar-refractivity contribution is 0.175. The maximum absolute atomic E-state index is 3.82. The van der Waals surface area contributed by atoms with Crippen LogP contribution in [0.25, 0.3) is 0 Å². The average Bonchev–Trinajstić information content (AvgIpc) is 2.50. The summed E-state index contributed by atoms with van der Waals surface area (Å²) >= 11 is 3.55. The van der Waals surface area contributed by atoms with Crippen molar-refractivity contribution in [3.8, 4) is 0 Å². The molecular weight excluding hydrogens is 310 g/mol. The zero-order valence-electron chi connectivity index (χ0n) is 12.9. The van der Waals surface area contributed by atoms with Crippen molar-refractivity contribution < 1.29 is 0 Å². The maximum atomic E-state index is 3.82. The molecule has 0 saturated heterocycles. The number of nitrogens with one attached hydrogen (secondary N) is 1. The van der Waals surface area contributed by atoms with Crippen LogP contribution in [-0.4, -0.2) is 6.54 Å². The average molecular weight is 338 g/mol. The summed E-state index contributed by atoms with van der Waals surface area (Å²) < 4.78 is 1.17. The number of rotatable bonds is 6. The lowest BCUT2D eigenvalue weighted by Crippen LogP contribution is -2.34. The van der Waals surface area contributed by atoms with E-state index in [1.165, 1.54) is 48.6 Å². The molecule has 3 atom stereocenters. The van der Waals surface area contributed by atoms with E-state index in [4.69, 9.17) is 0 Å². The second-order valence-corrected chi connectivity index (χ2v) is 7.02. The van der Waals surface area contributed by atoms with Crippen LogP contribution in [0.1, 0.15) is 64.0 Å². The molecule has 1 fully saturated rings. The van der Waals surface area contributed by atoms with Gasteiger partial charge in [0, 0.05) is 10.5 Å². The van der Waals surface area contributed by atoms with Crippen LogP contribution in [-0.2, 0) is 0 Å². The topological polar surface area (TPSA) is 12.0 Å². The van der Waals surface area contributed by atoms with Gasteiger partial charge < -0.3 is 5.32 Å². The zero-order valence-corrected chi connectivity index (χ0v) is 14.5. The van der Waals surface area contributed by atoms with Crippen molar-refractivity contribution in [1.82, 2.24) is 5.32 Å². The summed E-state index contributed by atoms with van der Waals surface area (Å²) in [6, 6.07) is 9.48. The van der Waals surface area contributed by atoms with E-state index < -0.39 is 0 Å². The number of benzene rings is 1. The molecule has 0 radical (unpaired) electrons. The van der Waals surface area contributed by atoms with Gasteiger partial charge in [0.25, 0.3) is 0 Å². The normalized spacial score (nSPS) is 24.6. The van der Waals surface area contributed by atoms with Gasteiger partial charge >= 0.3 is 0 Å². The van der Waals surface area contributed by atoms with Gasteiger partial charge in [-0.05, 0) is 48.9 Å². The van der Waals surface area contributed by atoms with Crippen LogP contribution < -0.4 is 5.32 Å². The predicted molar refractivity (Wildman–Crippen MR) is 90.9 cm³/mol. The Balaban J connectivity index is 2.18. The van der Waals surface area contributed by atoms with Gasteiger partial charge in [0.15, 0.2) is 0 Å². The molecule has 0 spiro atoms. The monoisotopic (exact) mass is 337 g/mol. The van der Waals surface area contributed by atoms with Gasteiger partial charge in [0.2, 0.25) is 0 Å². The van der Waals surface area contributed by atoms with E-state index in [-0.39, 0.29) is 0 Å². The lowest BCUT2D eigenvalue weighted by atomic mass is 9.72. The van der Waals surface area contributed by atoms with Crippen molar-refractivity contribution >= 4 is 15.9 Å². The minimum Gasteiger partial charge on any atom is -0.310 e. The Hall–Kier alpha value is -0.340. The molecule has 1 saturated carbocycles. The summed E-state index contributed by atoms with van der Waals surface area (Å²) in [5.41, 5.74) is 1.46. The quantitative estimate of drug-likeness (QED) is 0.701. The largest absolute Gasteiger partial charge is 0.310 e. The second-order valence-electron chi connectivity index (χ2n) is 6.10. The molecule has 1 aliphatic carbocycles. The predicted octanol–water partition coefficient (Wildman–Crippen LogP) is 5.71. The first-order chi connectivity index (χ1) is 9.76. The SMILES string of the molecule is CCCNC(c1ccc(Br)cc1)C1CCCCC1CC. The molecule has 0 bridgehead atoms. The molecule has 1 aliphatic rings. The molecule has 1 nitrogen and oxygen atoms in total.